The molecule has 1 aromatic rings. The molecule has 0 radical (unpaired) electrons. The summed E-state index contributed by atoms with van der Waals surface area (Å²) in [6, 6.07) is 3.34. The third-order valence-electron chi connectivity index (χ3n) is 1.74. The summed E-state index contributed by atoms with van der Waals surface area (Å²) >= 11 is 5.66. The lowest BCUT2D eigenvalue weighted by Gasteiger charge is -2.06. The van der Waals surface area contributed by atoms with Crippen LogP contribution in [0.15, 0.2) is 18.3 Å². The van der Waals surface area contributed by atoms with E-state index in [1.807, 2.05) is 0 Å². The normalized spacial score (nSPS) is 11.4. The molecule has 2 N–H and O–H groups in total. The Morgan fingerprint density at radius 3 is 2.83 bits per heavy atom. The Labute approximate surface area is 114 Å². The van der Waals surface area contributed by atoms with Crippen LogP contribution in [-0.4, -0.2) is 43.4 Å². The van der Waals surface area contributed by atoms with Crippen molar-refractivity contribution in [2.24, 2.45) is 0 Å². The van der Waals surface area contributed by atoms with Gasteiger partial charge in [-0.15, -0.1) is 0 Å². The highest BCUT2D eigenvalue weighted by Gasteiger charge is 2.03. The van der Waals surface area contributed by atoms with Gasteiger partial charge < -0.3 is 10.1 Å². The Morgan fingerprint density at radius 1 is 1.44 bits per heavy atom. The van der Waals surface area contributed by atoms with Gasteiger partial charge in [-0.1, -0.05) is 11.6 Å². The molecule has 6 nitrogen and oxygen atoms in total. The number of hydrogen-bond donors (Lipinski definition) is 2. The standard InChI is InChI=1S/C9H13ClN2O4S2/c10-8-1-2-9(12-7-8)16-5-3-11-4-6-17-18(13,14)15/h1-2,7,11H,3-6H2,(H,13,14,15). The van der Waals surface area contributed by atoms with Gasteiger partial charge in [0, 0.05) is 31.1 Å². The van der Waals surface area contributed by atoms with Crippen molar-refractivity contribution in [1.82, 2.24) is 10.3 Å². The van der Waals surface area contributed by atoms with Crippen molar-refractivity contribution in [2.75, 3.05) is 25.4 Å². The number of aromatic nitrogens is 1. The molecule has 102 valence electrons. The zero-order valence-corrected chi connectivity index (χ0v) is 11.8. The minimum Gasteiger partial charge on any atom is -0.476 e. The highest BCUT2D eigenvalue weighted by molar-refractivity contribution is 8.69. The molecule has 0 aliphatic carbocycles. The fourth-order valence-electron chi connectivity index (χ4n) is 1.02. The van der Waals surface area contributed by atoms with Gasteiger partial charge in [0.1, 0.15) is 6.61 Å². The summed E-state index contributed by atoms with van der Waals surface area (Å²) in [5, 5.41) is 3.51. The van der Waals surface area contributed by atoms with Gasteiger partial charge >= 0.3 is 9.15 Å². The smallest absolute Gasteiger partial charge is 0.319 e. The molecule has 0 unspecified atom stereocenters. The van der Waals surface area contributed by atoms with Crippen LogP contribution < -0.4 is 10.1 Å². The highest BCUT2D eigenvalue weighted by Crippen LogP contribution is 2.11. The molecule has 0 saturated heterocycles. The number of rotatable bonds is 8. The van der Waals surface area contributed by atoms with Gasteiger partial charge in [0.2, 0.25) is 5.88 Å². The van der Waals surface area contributed by atoms with Gasteiger partial charge in [-0.3, -0.25) is 4.55 Å². The second kappa shape index (κ2) is 7.80. The number of halogens is 1. The lowest BCUT2D eigenvalue weighted by molar-refractivity contribution is 0.304. The van der Waals surface area contributed by atoms with E-state index < -0.39 is 9.15 Å². The minimum absolute atomic E-state index is 0.276. The van der Waals surface area contributed by atoms with E-state index in [-0.39, 0.29) is 5.75 Å². The Bertz CT molecular complexity index is 452. The second-order valence-electron chi connectivity index (χ2n) is 3.16. The van der Waals surface area contributed by atoms with E-state index in [9.17, 15) is 8.42 Å². The fourth-order valence-corrected chi connectivity index (χ4v) is 2.45. The Hall–Kier alpha value is -0.540. The molecule has 1 rings (SSSR count). The van der Waals surface area contributed by atoms with Gasteiger partial charge in [0.15, 0.2) is 0 Å². The maximum Gasteiger partial charge on any atom is 0.319 e. The molecule has 9 heteroatoms. The summed E-state index contributed by atoms with van der Waals surface area (Å²) < 4.78 is 34.5. The van der Waals surface area contributed by atoms with Gasteiger partial charge in [-0.2, -0.15) is 8.42 Å². The molecule has 0 aliphatic rings. The predicted molar refractivity (Wildman–Crippen MR) is 71.6 cm³/mol. The van der Waals surface area contributed by atoms with Crippen LogP contribution >= 0.6 is 22.4 Å². The van der Waals surface area contributed by atoms with Crippen molar-refractivity contribution >= 4 is 31.5 Å². The molecule has 0 aliphatic heterocycles. The SMILES string of the molecule is O=S(=O)(O)SCCNCCOc1ccc(Cl)cn1. The van der Waals surface area contributed by atoms with Crippen LogP contribution in [0.3, 0.4) is 0 Å². The first kappa shape index (κ1) is 15.5. The van der Waals surface area contributed by atoms with E-state index in [0.29, 0.717) is 41.4 Å². The van der Waals surface area contributed by atoms with E-state index in [1.54, 1.807) is 12.1 Å². The molecule has 0 aromatic carbocycles. The maximum absolute atomic E-state index is 10.4. The molecular weight excluding hydrogens is 300 g/mol. The first-order valence-electron chi connectivity index (χ1n) is 5.04. The summed E-state index contributed by atoms with van der Waals surface area (Å²) in [4.78, 5) is 3.95. The number of hydrogen-bond acceptors (Lipinski definition) is 6. The first-order chi connectivity index (χ1) is 8.47. The molecule has 1 heterocycles. The van der Waals surface area contributed by atoms with Gasteiger partial charge in [-0.25, -0.2) is 4.98 Å². The largest absolute Gasteiger partial charge is 0.476 e. The third-order valence-corrected chi connectivity index (χ3v) is 4.03. The molecule has 0 spiro atoms. The monoisotopic (exact) mass is 312 g/mol. The number of ether oxygens (including phenoxy) is 1. The molecular formula is C9H13ClN2O4S2. The van der Waals surface area contributed by atoms with Crippen LogP contribution in [0.4, 0.5) is 0 Å². The van der Waals surface area contributed by atoms with Crippen molar-refractivity contribution in [3.63, 3.8) is 0 Å². The highest BCUT2D eigenvalue weighted by atomic mass is 35.5. The number of pyridine rings is 1. The number of nitrogens with zero attached hydrogens (tertiary/aromatic N) is 1. The van der Waals surface area contributed by atoms with Crippen LogP contribution in [0.2, 0.25) is 5.02 Å². The van der Waals surface area contributed by atoms with Crippen LogP contribution in [0.25, 0.3) is 0 Å². The second-order valence-corrected chi connectivity index (χ2v) is 7.07. The van der Waals surface area contributed by atoms with E-state index >= 15 is 0 Å². The van der Waals surface area contributed by atoms with Gasteiger partial charge in [0.05, 0.1) is 5.02 Å². The Morgan fingerprint density at radius 2 is 2.22 bits per heavy atom. The van der Waals surface area contributed by atoms with E-state index in [0.717, 1.165) is 0 Å². The van der Waals surface area contributed by atoms with E-state index in [2.05, 4.69) is 10.3 Å². The zero-order chi connectivity index (χ0) is 13.4. The fraction of sp³-hybridized carbons (Fsp3) is 0.444. The summed E-state index contributed by atoms with van der Waals surface area (Å²) in [7, 11) is -3.45. The van der Waals surface area contributed by atoms with Crippen molar-refractivity contribution in [3.8, 4) is 5.88 Å². The van der Waals surface area contributed by atoms with Crippen molar-refractivity contribution < 1.29 is 17.7 Å². The average molecular weight is 313 g/mol. The topological polar surface area (TPSA) is 88.5 Å². The predicted octanol–water partition coefficient (Wildman–Crippen LogP) is 1.24. The van der Waals surface area contributed by atoms with E-state index in [4.69, 9.17) is 20.9 Å². The van der Waals surface area contributed by atoms with Crippen LogP contribution in [-0.2, 0) is 9.15 Å². The molecule has 0 bridgehead atoms. The molecule has 0 saturated carbocycles. The number of nitrogens with one attached hydrogen (secondary N) is 1. The zero-order valence-electron chi connectivity index (χ0n) is 9.37. The summed E-state index contributed by atoms with van der Waals surface area (Å²) in [5.74, 6) is 0.756. The molecule has 1 aromatic heterocycles. The third kappa shape index (κ3) is 7.72. The summed E-state index contributed by atoms with van der Waals surface area (Å²) in [6.07, 6.45) is 1.49. The molecule has 0 fully saturated rings. The Kier molecular flexibility index (Phi) is 6.72. The van der Waals surface area contributed by atoms with Crippen LogP contribution in [0.5, 0.6) is 5.88 Å². The minimum atomic E-state index is -3.94. The summed E-state index contributed by atoms with van der Waals surface area (Å²) in [6.45, 7) is 1.42. The van der Waals surface area contributed by atoms with Crippen LogP contribution in [0, 0.1) is 0 Å². The first-order valence-corrected chi connectivity index (χ1v) is 8.36. The molecule has 0 atom stereocenters. The molecule has 18 heavy (non-hydrogen) atoms. The van der Waals surface area contributed by atoms with Crippen molar-refractivity contribution in [2.45, 2.75) is 0 Å². The van der Waals surface area contributed by atoms with Crippen molar-refractivity contribution in [1.29, 1.82) is 0 Å². The van der Waals surface area contributed by atoms with Crippen molar-refractivity contribution in [3.05, 3.63) is 23.4 Å². The van der Waals surface area contributed by atoms with E-state index in [1.165, 1.54) is 6.20 Å². The Balaban J connectivity index is 2.04. The maximum atomic E-state index is 10.4. The van der Waals surface area contributed by atoms with Crippen LogP contribution in [0.1, 0.15) is 0 Å². The lowest BCUT2D eigenvalue weighted by Crippen LogP contribution is -2.23. The quantitative estimate of drug-likeness (QED) is 0.424. The van der Waals surface area contributed by atoms with Gasteiger partial charge in [0.25, 0.3) is 0 Å². The summed E-state index contributed by atoms with van der Waals surface area (Å²) in [5.41, 5.74) is 0. The lowest BCUT2D eigenvalue weighted by atomic mass is 10.5. The van der Waals surface area contributed by atoms with Gasteiger partial charge in [-0.05, 0) is 16.9 Å². The average Bonchev–Trinajstić information content (AvgIpc) is 2.29. The molecule has 0 amide bonds.